The van der Waals surface area contributed by atoms with Crippen LogP contribution in [0.4, 0.5) is 4.39 Å². The minimum absolute atomic E-state index is 0.111. The second-order valence-corrected chi connectivity index (χ2v) is 4.77. The van der Waals surface area contributed by atoms with Crippen LogP contribution in [0.3, 0.4) is 0 Å². The van der Waals surface area contributed by atoms with E-state index in [1.54, 1.807) is 6.07 Å². The quantitative estimate of drug-likeness (QED) is 0.915. The number of nitrogens with two attached hydrogens (primary N) is 1. The molecule has 0 amide bonds. The molecule has 0 saturated carbocycles. The highest BCUT2D eigenvalue weighted by Crippen LogP contribution is 2.24. The van der Waals surface area contributed by atoms with E-state index >= 15 is 0 Å². The van der Waals surface area contributed by atoms with Gasteiger partial charge in [0.05, 0.1) is 5.02 Å². The Hall–Kier alpha value is -1.58. The molecular weight excluding hydrogens is 265 g/mol. The van der Waals surface area contributed by atoms with Gasteiger partial charge < -0.3 is 10.5 Å². The molecule has 0 radical (unpaired) electrons. The molecule has 0 fully saturated rings. The first-order valence-corrected chi connectivity index (χ1v) is 6.37. The van der Waals surface area contributed by atoms with Gasteiger partial charge in [-0.2, -0.15) is 0 Å². The molecule has 0 aliphatic carbocycles. The minimum atomic E-state index is -0.441. The summed E-state index contributed by atoms with van der Waals surface area (Å²) < 4.78 is 19.0. The molecule has 0 spiro atoms. The molecule has 100 valence electrons. The topological polar surface area (TPSA) is 35.2 Å². The lowest BCUT2D eigenvalue weighted by Crippen LogP contribution is -2.08. The van der Waals surface area contributed by atoms with E-state index in [9.17, 15) is 4.39 Å². The van der Waals surface area contributed by atoms with Crippen LogP contribution in [-0.2, 0) is 6.61 Å². The molecule has 0 heterocycles. The first-order chi connectivity index (χ1) is 9.08. The third-order valence-electron chi connectivity index (χ3n) is 2.79. The zero-order valence-electron chi connectivity index (χ0n) is 10.6. The predicted octanol–water partition coefficient (Wildman–Crippen LogP) is 4.08. The van der Waals surface area contributed by atoms with Crippen molar-refractivity contribution in [3.63, 3.8) is 0 Å². The molecule has 0 aliphatic rings. The summed E-state index contributed by atoms with van der Waals surface area (Å²) in [5.74, 6) is 0.274. The second kappa shape index (κ2) is 6.04. The average Bonchev–Trinajstić information content (AvgIpc) is 2.40. The van der Waals surface area contributed by atoms with Crippen LogP contribution in [0.25, 0.3) is 0 Å². The zero-order chi connectivity index (χ0) is 13.8. The second-order valence-electron chi connectivity index (χ2n) is 4.36. The lowest BCUT2D eigenvalue weighted by Gasteiger charge is -2.13. The lowest BCUT2D eigenvalue weighted by molar-refractivity contribution is 0.301. The van der Waals surface area contributed by atoms with Crippen LogP contribution in [0, 0.1) is 5.82 Å². The number of hydrogen-bond donors (Lipinski definition) is 1. The van der Waals surface area contributed by atoms with E-state index in [-0.39, 0.29) is 17.7 Å². The Morgan fingerprint density at radius 1 is 1.26 bits per heavy atom. The summed E-state index contributed by atoms with van der Waals surface area (Å²) in [7, 11) is 0. The smallest absolute Gasteiger partial charge is 0.142 e. The van der Waals surface area contributed by atoms with Crippen molar-refractivity contribution in [2.24, 2.45) is 5.73 Å². The van der Waals surface area contributed by atoms with Crippen LogP contribution < -0.4 is 10.5 Å². The van der Waals surface area contributed by atoms with Gasteiger partial charge in [0.2, 0.25) is 0 Å². The number of halogens is 2. The van der Waals surface area contributed by atoms with Gasteiger partial charge in [-0.05, 0) is 30.7 Å². The molecule has 0 bridgehead atoms. The summed E-state index contributed by atoms with van der Waals surface area (Å²) in [6.45, 7) is 2.17. The summed E-state index contributed by atoms with van der Waals surface area (Å²) in [5, 5.41) is 0.111. The number of hydrogen-bond acceptors (Lipinski definition) is 2. The van der Waals surface area contributed by atoms with Crippen molar-refractivity contribution < 1.29 is 9.13 Å². The van der Waals surface area contributed by atoms with Crippen LogP contribution in [0.5, 0.6) is 5.75 Å². The molecule has 0 aliphatic heterocycles. The van der Waals surface area contributed by atoms with Crippen molar-refractivity contribution in [1.29, 1.82) is 0 Å². The standard InChI is InChI=1S/C15H15ClFNO/c1-10(18)12-4-2-3-5-15(12)19-9-11-6-7-13(16)14(17)8-11/h2-8,10H,9,18H2,1H3. The predicted molar refractivity (Wildman–Crippen MR) is 74.8 cm³/mol. The fourth-order valence-corrected chi connectivity index (χ4v) is 1.90. The van der Waals surface area contributed by atoms with E-state index in [1.165, 1.54) is 12.1 Å². The molecule has 2 aromatic rings. The Labute approximate surface area is 117 Å². The van der Waals surface area contributed by atoms with Gasteiger partial charge in [0.1, 0.15) is 18.2 Å². The Morgan fingerprint density at radius 3 is 2.68 bits per heavy atom. The fraction of sp³-hybridized carbons (Fsp3) is 0.200. The monoisotopic (exact) mass is 279 g/mol. The molecule has 2 N–H and O–H groups in total. The first-order valence-electron chi connectivity index (χ1n) is 5.99. The Morgan fingerprint density at radius 2 is 2.00 bits per heavy atom. The van der Waals surface area contributed by atoms with Gasteiger partial charge in [-0.15, -0.1) is 0 Å². The van der Waals surface area contributed by atoms with E-state index in [0.717, 1.165) is 11.1 Å². The highest BCUT2D eigenvalue weighted by Gasteiger charge is 2.08. The van der Waals surface area contributed by atoms with Gasteiger partial charge in [0, 0.05) is 11.6 Å². The maximum atomic E-state index is 13.3. The summed E-state index contributed by atoms with van der Waals surface area (Å²) in [6.07, 6.45) is 0. The molecule has 2 rings (SSSR count). The van der Waals surface area contributed by atoms with Crippen molar-refractivity contribution in [3.8, 4) is 5.75 Å². The first kappa shape index (κ1) is 13.8. The minimum Gasteiger partial charge on any atom is -0.489 e. The normalized spacial score (nSPS) is 12.2. The third kappa shape index (κ3) is 3.46. The van der Waals surface area contributed by atoms with Crippen molar-refractivity contribution in [1.82, 2.24) is 0 Å². The summed E-state index contributed by atoms with van der Waals surface area (Å²) in [5.41, 5.74) is 7.52. The van der Waals surface area contributed by atoms with Crippen LogP contribution in [-0.4, -0.2) is 0 Å². The number of benzene rings is 2. The Kier molecular flexibility index (Phi) is 4.40. The molecular formula is C15H15ClFNO. The van der Waals surface area contributed by atoms with Gasteiger partial charge in [0.15, 0.2) is 0 Å². The summed E-state index contributed by atoms with van der Waals surface area (Å²) in [6, 6.07) is 12.1. The van der Waals surface area contributed by atoms with E-state index < -0.39 is 5.82 Å². The molecule has 2 aromatic carbocycles. The highest BCUT2D eigenvalue weighted by atomic mass is 35.5. The van der Waals surface area contributed by atoms with Crippen molar-refractivity contribution >= 4 is 11.6 Å². The molecule has 1 atom stereocenters. The summed E-state index contributed by atoms with van der Waals surface area (Å²) in [4.78, 5) is 0. The van der Waals surface area contributed by atoms with Crippen LogP contribution in [0.15, 0.2) is 42.5 Å². The van der Waals surface area contributed by atoms with Crippen molar-refractivity contribution in [3.05, 3.63) is 64.4 Å². The highest BCUT2D eigenvalue weighted by molar-refractivity contribution is 6.30. The van der Waals surface area contributed by atoms with Gasteiger partial charge in [-0.25, -0.2) is 4.39 Å². The van der Waals surface area contributed by atoms with Crippen molar-refractivity contribution in [2.75, 3.05) is 0 Å². The van der Waals surface area contributed by atoms with E-state index in [4.69, 9.17) is 22.1 Å². The van der Waals surface area contributed by atoms with Gasteiger partial charge in [-0.3, -0.25) is 0 Å². The third-order valence-corrected chi connectivity index (χ3v) is 3.09. The van der Waals surface area contributed by atoms with E-state index in [2.05, 4.69) is 0 Å². The molecule has 0 aromatic heterocycles. The number of rotatable bonds is 4. The maximum absolute atomic E-state index is 13.3. The van der Waals surface area contributed by atoms with Crippen LogP contribution >= 0.6 is 11.6 Å². The number of ether oxygens (including phenoxy) is 1. The molecule has 4 heteroatoms. The Bertz CT molecular complexity index is 572. The molecule has 0 saturated heterocycles. The summed E-state index contributed by atoms with van der Waals surface area (Å²) >= 11 is 5.63. The lowest BCUT2D eigenvalue weighted by atomic mass is 10.1. The van der Waals surface area contributed by atoms with Gasteiger partial charge >= 0.3 is 0 Å². The van der Waals surface area contributed by atoms with E-state index in [1.807, 2.05) is 31.2 Å². The molecule has 19 heavy (non-hydrogen) atoms. The molecule has 2 nitrogen and oxygen atoms in total. The Balaban J connectivity index is 2.12. The van der Waals surface area contributed by atoms with Crippen molar-refractivity contribution in [2.45, 2.75) is 19.6 Å². The van der Waals surface area contributed by atoms with E-state index in [0.29, 0.717) is 5.75 Å². The van der Waals surface area contributed by atoms with Crippen LogP contribution in [0.2, 0.25) is 5.02 Å². The largest absolute Gasteiger partial charge is 0.489 e. The number of para-hydroxylation sites is 1. The van der Waals surface area contributed by atoms with Gasteiger partial charge in [-0.1, -0.05) is 35.9 Å². The molecule has 1 unspecified atom stereocenters. The SMILES string of the molecule is CC(N)c1ccccc1OCc1ccc(Cl)c(F)c1. The van der Waals surface area contributed by atoms with Gasteiger partial charge in [0.25, 0.3) is 0 Å². The van der Waals surface area contributed by atoms with Crippen LogP contribution in [0.1, 0.15) is 24.1 Å². The fourth-order valence-electron chi connectivity index (χ4n) is 1.78. The maximum Gasteiger partial charge on any atom is 0.142 e. The zero-order valence-corrected chi connectivity index (χ0v) is 11.3. The average molecular weight is 280 g/mol.